The van der Waals surface area contributed by atoms with Crippen LogP contribution in [0.1, 0.15) is 6.42 Å². The van der Waals surface area contributed by atoms with Gasteiger partial charge < -0.3 is 10.5 Å². The molecule has 0 aliphatic heterocycles. The Kier molecular flexibility index (Phi) is 5.86. The van der Waals surface area contributed by atoms with Crippen molar-refractivity contribution in [1.29, 1.82) is 0 Å². The van der Waals surface area contributed by atoms with Crippen molar-refractivity contribution >= 4 is 0 Å². The molecule has 2 N–H and O–H groups in total. The molecule has 0 spiro atoms. The maximum Gasteiger partial charge on any atom is 0.0694 e. The molecule has 58 valence electrons. The Hall–Kier alpha value is -0.770. The van der Waals surface area contributed by atoms with Crippen LogP contribution in [-0.4, -0.2) is 26.3 Å². The molecule has 0 aliphatic carbocycles. The third kappa shape index (κ3) is 4.14. The fourth-order valence-electron chi connectivity index (χ4n) is 0.578. The van der Waals surface area contributed by atoms with Gasteiger partial charge in [0, 0.05) is 25.1 Å². The molecule has 1 atom stereocenters. The zero-order valence-corrected chi connectivity index (χ0v) is 6.03. The zero-order valence-electron chi connectivity index (χ0n) is 6.03. The van der Waals surface area contributed by atoms with Gasteiger partial charge in [-0.05, 0) is 12.0 Å². The Morgan fingerprint density at radius 3 is 2.90 bits per heavy atom. The summed E-state index contributed by atoms with van der Waals surface area (Å²) in [6.07, 6.45) is 0.711. The van der Waals surface area contributed by atoms with E-state index >= 15 is 0 Å². The molecule has 0 rings (SSSR count). The summed E-state index contributed by atoms with van der Waals surface area (Å²) in [6, 6.07) is 0. The SMILES string of the molecule is COC(CN)CCN=[N+]=[N-]. The lowest BCUT2D eigenvalue weighted by Crippen LogP contribution is -2.22. The third-order valence-electron chi connectivity index (χ3n) is 1.21. The predicted molar refractivity (Wildman–Crippen MR) is 38.5 cm³/mol. The van der Waals surface area contributed by atoms with Crippen molar-refractivity contribution in [3.8, 4) is 0 Å². The second-order valence-corrected chi connectivity index (χ2v) is 1.84. The van der Waals surface area contributed by atoms with Gasteiger partial charge in [-0.3, -0.25) is 0 Å². The van der Waals surface area contributed by atoms with Crippen LogP contribution in [0.2, 0.25) is 0 Å². The zero-order chi connectivity index (χ0) is 7.82. The normalized spacial score (nSPS) is 12.2. The molecule has 0 aromatic carbocycles. The average Bonchev–Trinajstić information content (AvgIpc) is 1.99. The highest BCUT2D eigenvalue weighted by atomic mass is 16.5. The fraction of sp³-hybridized carbons (Fsp3) is 1.00. The third-order valence-corrected chi connectivity index (χ3v) is 1.21. The summed E-state index contributed by atoms with van der Waals surface area (Å²) in [6.45, 7) is 0.920. The standard InChI is InChI=1S/C5H12N4O/c1-10-5(4-6)2-3-8-9-7/h5H,2-4,6H2,1H3. The van der Waals surface area contributed by atoms with Crippen LogP contribution in [0.5, 0.6) is 0 Å². The smallest absolute Gasteiger partial charge is 0.0694 e. The van der Waals surface area contributed by atoms with E-state index in [1.807, 2.05) is 0 Å². The van der Waals surface area contributed by atoms with Crippen LogP contribution in [-0.2, 0) is 4.74 Å². The van der Waals surface area contributed by atoms with Gasteiger partial charge >= 0.3 is 0 Å². The highest BCUT2D eigenvalue weighted by Crippen LogP contribution is 1.94. The van der Waals surface area contributed by atoms with Crippen LogP contribution in [0.4, 0.5) is 0 Å². The second kappa shape index (κ2) is 6.35. The van der Waals surface area contributed by atoms with Gasteiger partial charge in [0.1, 0.15) is 0 Å². The molecule has 0 aliphatic rings. The molecule has 0 amide bonds. The summed E-state index contributed by atoms with van der Waals surface area (Å²) in [5, 5.41) is 3.35. The predicted octanol–water partition coefficient (Wildman–Crippen LogP) is 0.660. The van der Waals surface area contributed by atoms with Gasteiger partial charge in [-0.15, -0.1) is 0 Å². The van der Waals surface area contributed by atoms with Crippen LogP contribution in [0, 0.1) is 0 Å². The van der Waals surface area contributed by atoms with Gasteiger partial charge in [0.05, 0.1) is 6.10 Å². The molecule has 1 unspecified atom stereocenters. The van der Waals surface area contributed by atoms with E-state index in [9.17, 15) is 0 Å². The van der Waals surface area contributed by atoms with Crippen molar-refractivity contribution in [1.82, 2.24) is 0 Å². The lowest BCUT2D eigenvalue weighted by molar-refractivity contribution is 0.104. The summed E-state index contributed by atoms with van der Waals surface area (Å²) in [7, 11) is 1.59. The summed E-state index contributed by atoms with van der Waals surface area (Å²) in [4.78, 5) is 2.60. The molecule has 0 saturated carbocycles. The first-order valence-electron chi connectivity index (χ1n) is 3.08. The number of hydrogen-bond acceptors (Lipinski definition) is 3. The molecular weight excluding hydrogens is 132 g/mol. The van der Waals surface area contributed by atoms with Gasteiger partial charge in [0.15, 0.2) is 0 Å². The first-order chi connectivity index (χ1) is 4.85. The molecule has 0 heterocycles. The van der Waals surface area contributed by atoms with Gasteiger partial charge in [0.2, 0.25) is 0 Å². The minimum atomic E-state index is 0.0190. The Balaban J connectivity index is 3.34. The summed E-state index contributed by atoms with van der Waals surface area (Å²) >= 11 is 0. The highest BCUT2D eigenvalue weighted by molar-refractivity contribution is 4.59. The van der Waals surface area contributed by atoms with Crippen molar-refractivity contribution in [3.05, 3.63) is 10.4 Å². The van der Waals surface area contributed by atoms with E-state index in [0.29, 0.717) is 19.5 Å². The molecule has 10 heavy (non-hydrogen) atoms. The number of methoxy groups -OCH3 is 1. The Morgan fingerprint density at radius 2 is 2.50 bits per heavy atom. The number of azide groups is 1. The lowest BCUT2D eigenvalue weighted by Gasteiger charge is -2.09. The van der Waals surface area contributed by atoms with E-state index in [4.69, 9.17) is 16.0 Å². The van der Waals surface area contributed by atoms with Gasteiger partial charge in [-0.25, -0.2) is 0 Å². The monoisotopic (exact) mass is 144 g/mol. The molecule has 0 aromatic heterocycles. The van der Waals surface area contributed by atoms with Gasteiger partial charge in [0.25, 0.3) is 0 Å². The van der Waals surface area contributed by atoms with Gasteiger partial charge in [-0.2, -0.15) is 0 Å². The van der Waals surface area contributed by atoms with Crippen molar-refractivity contribution in [2.24, 2.45) is 10.8 Å². The number of nitrogens with zero attached hydrogens (tertiary/aromatic N) is 3. The average molecular weight is 144 g/mol. The minimum Gasteiger partial charge on any atom is -0.380 e. The van der Waals surface area contributed by atoms with Crippen LogP contribution in [0.3, 0.4) is 0 Å². The first-order valence-corrected chi connectivity index (χ1v) is 3.08. The van der Waals surface area contributed by atoms with E-state index in [-0.39, 0.29) is 6.10 Å². The molecular formula is C5H12N4O. The Morgan fingerprint density at radius 1 is 1.80 bits per heavy atom. The van der Waals surface area contributed by atoms with Crippen LogP contribution in [0.25, 0.3) is 10.4 Å². The van der Waals surface area contributed by atoms with Crippen LogP contribution in [0.15, 0.2) is 5.11 Å². The number of nitrogens with two attached hydrogens (primary N) is 1. The fourth-order valence-corrected chi connectivity index (χ4v) is 0.578. The molecule has 5 nitrogen and oxygen atoms in total. The second-order valence-electron chi connectivity index (χ2n) is 1.84. The van der Waals surface area contributed by atoms with Crippen molar-refractivity contribution in [2.75, 3.05) is 20.2 Å². The van der Waals surface area contributed by atoms with E-state index in [1.165, 1.54) is 0 Å². The van der Waals surface area contributed by atoms with E-state index in [0.717, 1.165) is 0 Å². The molecule has 5 heteroatoms. The maximum atomic E-state index is 7.91. The lowest BCUT2D eigenvalue weighted by atomic mass is 10.2. The van der Waals surface area contributed by atoms with Crippen LogP contribution >= 0.6 is 0 Å². The largest absolute Gasteiger partial charge is 0.380 e. The molecule has 0 saturated heterocycles. The molecule has 0 fully saturated rings. The number of ether oxygens (including phenoxy) is 1. The van der Waals surface area contributed by atoms with E-state index in [1.54, 1.807) is 7.11 Å². The maximum absolute atomic E-state index is 7.91. The highest BCUT2D eigenvalue weighted by Gasteiger charge is 2.01. The van der Waals surface area contributed by atoms with Crippen molar-refractivity contribution < 1.29 is 4.74 Å². The summed E-state index contributed by atoms with van der Waals surface area (Å²) in [5.41, 5.74) is 13.2. The quantitative estimate of drug-likeness (QED) is 0.349. The van der Waals surface area contributed by atoms with Gasteiger partial charge in [-0.1, -0.05) is 5.11 Å². The topological polar surface area (TPSA) is 84.0 Å². The van der Waals surface area contributed by atoms with Crippen LogP contribution < -0.4 is 5.73 Å². The minimum absolute atomic E-state index is 0.0190. The van der Waals surface area contributed by atoms with E-state index < -0.39 is 0 Å². The molecule has 0 radical (unpaired) electrons. The Bertz CT molecular complexity index is 117. The molecule has 0 bridgehead atoms. The number of hydrogen-bond donors (Lipinski definition) is 1. The first kappa shape index (κ1) is 9.23. The van der Waals surface area contributed by atoms with E-state index in [2.05, 4.69) is 10.0 Å². The summed E-state index contributed by atoms with van der Waals surface area (Å²) in [5.74, 6) is 0. The Labute approximate surface area is 59.8 Å². The van der Waals surface area contributed by atoms with Crippen molar-refractivity contribution in [2.45, 2.75) is 12.5 Å². The van der Waals surface area contributed by atoms with Crippen molar-refractivity contribution in [3.63, 3.8) is 0 Å². The summed E-state index contributed by atoms with van der Waals surface area (Å²) < 4.78 is 4.94. The molecule has 0 aromatic rings. The number of rotatable bonds is 5.